The van der Waals surface area contributed by atoms with Gasteiger partial charge < -0.3 is 15.3 Å². The second-order valence-corrected chi connectivity index (χ2v) is 6.52. The first-order valence-electron chi connectivity index (χ1n) is 8.67. The Morgan fingerprint density at radius 2 is 1.75 bits per heavy atom. The second-order valence-electron chi connectivity index (χ2n) is 6.52. The lowest BCUT2D eigenvalue weighted by atomic mass is 10.1. The van der Waals surface area contributed by atoms with Crippen LogP contribution in [0.25, 0.3) is 0 Å². The molecule has 1 rings (SSSR count). The van der Waals surface area contributed by atoms with Crippen molar-refractivity contribution < 1.29 is 14.7 Å². The van der Waals surface area contributed by atoms with Gasteiger partial charge in [-0.3, -0.25) is 9.59 Å². The number of aliphatic carboxylic acids is 1. The van der Waals surface area contributed by atoms with Crippen LogP contribution >= 0.6 is 0 Å². The summed E-state index contributed by atoms with van der Waals surface area (Å²) in [6, 6.07) is 10.1. The van der Waals surface area contributed by atoms with E-state index in [0.29, 0.717) is 13.0 Å². The zero-order chi connectivity index (χ0) is 17.8. The molecule has 0 bridgehead atoms. The normalized spacial score (nSPS) is 12.1. The third-order valence-corrected chi connectivity index (χ3v) is 3.83. The summed E-state index contributed by atoms with van der Waals surface area (Å²) in [6.45, 7) is 0.537. The monoisotopic (exact) mass is 334 g/mol. The second kappa shape index (κ2) is 11.6. The number of hydrogen-bond acceptors (Lipinski definition) is 3. The number of carbonyl (C=O) groups is 2. The average Bonchev–Trinajstić information content (AvgIpc) is 2.50. The Hall–Kier alpha value is -1.88. The fraction of sp³-hybridized carbons (Fsp3) is 0.579. The number of benzene rings is 1. The van der Waals surface area contributed by atoms with Crippen LogP contribution in [0.15, 0.2) is 30.3 Å². The Labute approximate surface area is 145 Å². The van der Waals surface area contributed by atoms with Gasteiger partial charge in [0.15, 0.2) is 0 Å². The molecule has 0 saturated carbocycles. The van der Waals surface area contributed by atoms with Gasteiger partial charge in [-0.1, -0.05) is 43.2 Å². The minimum Gasteiger partial charge on any atom is -0.481 e. The molecule has 0 saturated heterocycles. The minimum atomic E-state index is -0.886. The predicted octanol–water partition coefficient (Wildman–Crippen LogP) is 2.70. The molecule has 0 unspecified atom stereocenters. The van der Waals surface area contributed by atoms with E-state index in [-0.39, 0.29) is 18.4 Å². The van der Waals surface area contributed by atoms with E-state index in [1.54, 1.807) is 0 Å². The molecule has 134 valence electrons. The first-order valence-corrected chi connectivity index (χ1v) is 8.67. The summed E-state index contributed by atoms with van der Waals surface area (Å²) < 4.78 is 0. The number of carbonyl (C=O) groups excluding carboxylic acids is 1. The van der Waals surface area contributed by atoms with Crippen molar-refractivity contribution >= 4 is 11.9 Å². The maximum Gasteiger partial charge on any atom is 0.305 e. The summed E-state index contributed by atoms with van der Waals surface area (Å²) in [7, 11) is 3.74. The molecular formula is C19H30N2O3. The lowest BCUT2D eigenvalue weighted by molar-refractivity contribution is -0.137. The molecule has 2 N–H and O–H groups in total. The smallest absolute Gasteiger partial charge is 0.305 e. The van der Waals surface area contributed by atoms with Crippen LogP contribution in [0.2, 0.25) is 0 Å². The molecule has 1 atom stereocenters. The van der Waals surface area contributed by atoms with Crippen molar-refractivity contribution in [2.75, 3.05) is 20.6 Å². The number of nitrogens with zero attached hydrogens (tertiary/aromatic N) is 1. The van der Waals surface area contributed by atoms with Crippen LogP contribution in [-0.4, -0.2) is 48.6 Å². The van der Waals surface area contributed by atoms with Gasteiger partial charge in [0, 0.05) is 13.0 Å². The van der Waals surface area contributed by atoms with Gasteiger partial charge in [-0.25, -0.2) is 0 Å². The molecule has 0 aliphatic carbocycles. The highest BCUT2D eigenvalue weighted by atomic mass is 16.4. The van der Waals surface area contributed by atoms with Crippen molar-refractivity contribution in [3.63, 3.8) is 0 Å². The Morgan fingerprint density at radius 1 is 1.08 bits per heavy atom. The van der Waals surface area contributed by atoms with Crippen molar-refractivity contribution in [2.45, 2.75) is 51.0 Å². The quantitative estimate of drug-likeness (QED) is 0.577. The molecule has 0 spiro atoms. The van der Waals surface area contributed by atoms with E-state index < -0.39 is 5.97 Å². The lowest BCUT2D eigenvalue weighted by Gasteiger charge is -2.20. The van der Waals surface area contributed by atoms with Gasteiger partial charge in [-0.05, 0) is 38.9 Å². The van der Waals surface area contributed by atoms with Gasteiger partial charge in [0.25, 0.3) is 0 Å². The molecule has 0 aliphatic heterocycles. The summed E-state index contributed by atoms with van der Waals surface area (Å²) >= 11 is 0. The van der Waals surface area contributed by atoms with Crippen LogP contribution in [0.4, 0.5) is 0 Å². The van der Waals surface area contributed by atoms with Crippen LogP contribution in [0, 0.1) is 0 Å². The van der Waals surface area contributed by atoms with Gasteiger partial charge in [0.1, 0.15) is 0 Å². The van der Waals surface area contributed by atoms with Crippen molar-refractivity contribution in [1.82, 2.24) is 10.2 Å². The molecule has 0 aliphatic rings. The van der Waals surface area contributed by atoms with Gasteiger partial charge in [0.05, 0.1) is 12.5 Å². The fourth-order valence-corrected chi connectivity index (χ4v) is 2.73. The molecule has 0 fully saturated rings. The Morgan fingerprint density at radius 3 is 2.38 bits per heavy atom. The number of hydrogen-bond donors (Lipinski definition) is 2. The third-order valence-electron chi connectivity index (χ3n) is 3.83. The molecule has 0 aromatic heterocycles. The van der Waals surface area contributed by atoms with E-state index >= 15 is 0 Å². The van der Waals surface area contributed by atoms with Crippen LogP contribution in [0.3, 0.4) is 0 Å². The Bertz CT molecular complexity index is 489. The number of carboxylic acids is 1. The van der Waals surface area contributed by atoms with E-state index in [2.05, 4.69) is 29.6 Å². The molecule has 24 heavy (non-hydrogen) atoms. The lowest BCUT2D eigenvalue weighted by Crippen LogP contribution is -2.42. The van der Waals surface area contributed by atoms with Gasteiger partial charge >= 0.3 is 5.97 Å². The molecule has 5 nitrogen and oxygen atoms in total. The average molecular weight is 334 g/mol. The molecule has 1 amide bonds. The molecule has 1 aromatic carbocycles. The number of unbranched alkanes of at least 4 members (excludes halogenated alkanes) is 3. The fourth-order valence-electron chi connectivity index (χ4n) is 2.73. The van der Waals surface area contributed by atoms with Gasteiger partial charge in [-0.15, -0.1) is 0 Å². The summed E-state index contributed by atoms with van der Waals surface area (Å²) in [5, 5.41) is 11.7. The van der Waals surface area contributed by atoms with E-state index in [0.717, 1.165) is 32.1 Å². The van der Waals surface area contributed by atoms with E-state index in [4.69, 9.17) is 5.11 Å². The maximum absolute atomic E-state index is 11.9. The summed E-state index contributed by atoms with van der Waals surface area (Å²) in [4.78, 5) is 24.7. The SMILES string of the molecule is CN(C)C[C@@H](CC(=O)O)NC(=O)CCCCCCc1ccccc1. The first-order chi connectivity index (χ1) is 11.5. The van der Waals surface area contributed by atoms with Crippen molar-refractivity contribution in [3.05, 3.63) is 35.9 Å². The largest absolute Gasteiger partial charge is 0.481 e. The van der Waals surface area contributed by atoms with Crippen molar-refractivity contribution in [2.24, 2.45) is 0 Å². The zero-order valence-electron chi connectivity index (χ0n) is 14.8. The number of nitrogens with one attached hydrogen (secondary N) is 1. The van der Waals surface area contributed by atoms with E-state index in [1.807, 2.05) is 25.1 Å². The van der Waals surface area contributed by atoms with Crippen LogP contribution < -0.4 is 5.32 Å². The Balaban J connectivity index is 2.14. The molecule has 5 heteroatoms. The predicted molar refractivity (Wildman–Crippen MR) is 96.0 cm³/mol. The number of carboxylic acid groups (broad SMARTS) is 1. The van der Waals surface area contributed by atoms with Gasteiger partial charge in [0.2, 0.25) is 5.91 Å². The topological polar surface area (TPSA) is 69.6 Å². The number of likely N-dealkylation sites (N-methyl/N-ethyl adjacent to an activating group) is 1. The molecular weight excluding hydrogens is 304 g/mol. The van der Waals surface area contributed by atoms with Crippen molar-refractivity contribution in [1.29, 1.82) is 0 Å². The molecule has 0 radical (unpaired) electrons. The van der Waals surface area contributed by atoms with Crippen LogP contribution in [-0.2, 0) is 16.0 Å². The minimum absolute atomic E-state index is 0.0407. The zero-order valence-corrected chi connectivity index (χ0v) is 14.8. The van der Waals surface area contributed by atoms with E-state index in [9.17, 15) is 9.59 Å². The standard InChI is InChI=1S/C19H30N2O3/c1-21(2)15-17(14-19(23)24)20-18(22)13-9-4-3-6-10-16-11-7-5-8-12-16/h5,7-8,11-12,17H,3-4,6,9-10,13-15H2,1-2H3,(H,20,22)(H,23,24)/t17-/m1/s1. The third kappa shape index (κ3) is 10.0. The van der Waals surface area contributed by atoms with Gasteiger partial charge in [-0.2, -0.15) is 0 Å². The maximum atomic E-state index is 11.9. The number of rotatable bonds is 12. The summed E-state index contributed by atoms with van der Waals surface area (Å²) in [5.74, 6) is -0.936. The summed E-state index contributed by atoms with van der Waals surface area (Å²) in [6.07, 6.45) is 5.62. The van der Waals surface area contributed by atoms with E-state index in [1.165, 1.54) is 5.56 Å². The molecule has 0 heterocycles. The highest BCUT2D eigenvalue weighted by Crippen LogP contribution is 2.09. The summed E-state index contributed by atoms with van der Waals surface area (Å²) in [5.41, 5.74) is 1.36. The molecule has 1 aromatic rings. The number of aryl methyl sites for hydroxylation is 1. The van der Waals surface area contributed by atoms with Crippen LogP contribution in [0.5, 0.6) is 0 Å². The van der Waals surface area contributed by atoms with Crippen molar-refractivity contribution in [3.8, 4) is 0 Å². The highest BCUT2D eigenvalue weighted by Gasteiger charge is 2.16. The van der Waals surface area contributed by atoms with Crippen LogP contribution in [0.1, 0.15) is 44.1 Å². The number of amides is 1. The first kappa shape index (κ1) is 20.2. The Kier molecular flexibility index (Phi) is 9.77. The highest BCUT2D eigenvalue weighted by molar-refractivity contribution is 5.77.